The zero-order valence-corrected chi connectivity index (χ0v) is 12.8. The average molecular weight is 337 g/mol. The summed E-state index contributed by atoms with van der Waals surface area (Å²) in [4.78, 5) is 19.8. The molecule has 22 heavy (non-hydrogen) atoms. The van der Waals surface area contributed by atoms with E-state index in [1.165, 1.54) is 6.20 Å². The van der Waals surface area contributed by atoms with Crippen molar-refractivity contribution in [1.82, 2.24) is 20.8 Å². The lowest BCUT2D eigenvalue weighted by Crippen LogP contribution is -2.34. The minimum absolute atomic E-state index is 0.0256. The zero-order valence-electron chi connectivity index (χ0n) is 11.3. The van der Waals surface area contributed by atoms with Crippen molar-refractivity contribution in [1.29, 1.82) is 5.26 Å². The number of nitrogens with zero attached hydrogens (tertiary/aromatic N) is 3. The van der Waals surface area contributed by atoms with Gasteiger partial charge in [-0.2, -0.15) is 10.2 Å². The van der Waals surface area contributed by atoms with Crippen molar-refractivity contribution in [3.8, 4) is 6.19 Å². The lowest BCUT2D eigenvalue weighted by molar-refractivity contribution is 0.0943. The fourth-order valence-corrected chi connectivity index (χ4v) is 2.00. The topological polar surface area (TPSA) is 103 Å². The van der Waals surface area contributed by atoms with E-state index in [1.54, 1.807) is 18.3 Å². The maximum atomic E-state index is 12.1. The number of carbonyl (C=O) groups is 1. The second kappa shape index (κ2) is 6.93. The van der Waals surface area contributed by atoms with Gasteiger partial charge in [-0.15, -0.1) is 0 Å². The molecule has 1 amide bonds. The number of nitriles is 1. The molecule has 1 aromatic carbocycles. The SMILES string of the molecule is Cc1cccc(C(=O)NNC#N)c1Nc1nc(Cl)ncc1Cl. The molecule has 0 aliphatic heterocycles. The van der Waals surface area contributed by atoms with Gasteiger partial charge in [0, 0.05) is 0 Å². The van der Waals surface area contributed by atoms with Crippen molar-refractivity contribution in [2.45, 2.75) is 6.92 Å². The number of carbonyl (C=O) groups excluding carboxylic acids is 1. The van der Waals surface area contributed by atoms with Crippen LogP contribution in [0.5, 0.6) is 0 Å². The van der Waals surface area contributed by atoms with Crippen LogP contribution in [0.15, 0.2) is 24.4 Å². The Kier molecular flexibility index (Phi) is 4.99. The van der Waals surface area contributed by atoms with Crippen LogP contribution < -0.4 is 16.2 Å². The highest BCUT2D eigenvalue weighted by molar-refractivity contribution is 6.33. The number of para-hydroxylation sites is 1. The summed E-state index contributed by atoms with van der Waals surface area (Å²) in [6.07, 6.45) is 2.96. The molecule has 7 nitrogen and oxygen atoms in total. The molecule has 0 bridgehead atoms. The largest absolute Gasteiger partial charge is 0.338 e. The maximum absolute atomic E-state index is 12.1. The van der Waals surface area contributed by atoms with Gasteiger partial charge in [0.1, 0.15) is 5.02 Å². The van der Waals surface area contributed by atoms with E-state index in [0.717, 1.165) is 5.56 Å². The summed E-state index contributed by atoms with van der Waals surface area (Å²) < 4.78 is 0. The number of anilines is 2. The van der Waals surface area contributed by atoms with Crippen molar-refractivity contribution in [2.24, 2.45) is 0 Å². The number of hydrogen-bond donors (Lipinski definition) is 3. The van der Waals surface area contributed by atoms with Gasteiger partial charge in [-0.05, 0) is 30.2 Å². The number of rotatable bonds is 4. The number of benzene rings is 1. The summed E-state index contributed by atoms with van der Waals surface area (Å²) in [5, 5.41) is 11.7. The van der Waals surface area contributed by atoms with Crippen LogP contribution >= 0.6 is 23.2 Å². The Morgan fingerprint density at radius 2 is 2.14 bits per heavy atom. The van der Waals surface area contributed by atoms with E-state index in [0.29, 0.717) is 11.3 Å². The van der Waals surface area contributed by atoms with E-state index in [9.17, 15) is 4.79 Å². The quantitative estimate of drug-likeness (QED) is 0.343. The molecule has 0 fully saturated rings. The zero-order chi connectivity index (χ0) is 16.1. The molecule has 3 N–H and O–H groups in total. The average Bonchev–Trinajstić information content (AvgIpc) is 2.50. The smallest absolute Gasteiger partial charge is 0.272 e. The third-order valence-corrected chi connectivity index (χ3v) is 3.17. The third kappa shape index (κ3) is 3.55. The van der Waals surface area contributed by atoms with Gasteiger partial charge in [0.05, 0.1) is 17.4 Å². The molecular weight excluding hydrogens is 327 g/mol. The van der Waals surface area contributed by atoms with E-state index in [-0.39, 0.29) is 16.1 Å². The standard InChI is InChI=1S/C13H10Cl2N6O/c1-7-3-2-4-8(12(22)21-18-6-16)10(7)19-11-9(14)5-17-13(15)20-11/h2-5,18H,1H3,(H,21,22)(H,17,19,20). The first kappa shape index (κ1) is 15.8. The molecule has 0 spiro atoms. The second-order valence-corrected chi connectivity index (χ2v) is 4.89. The van der Waals surface area contributed by atoms with Crippen LogP contribution in [0.4, 0.5) is 11.5 Å². The molecule has 1 aromatic heterocycles. The van der Waals surface area contributed by atoms with Gasteiger partial charge in [0.25, 0.3) is 5.91 Å². The molecule has 112 valence electrons. The maximum Gasteiger partial charge on any atom is 0.272 e. The molecule has 2 rings (SSSR count). The first-order valence-electron chi connectivity index (χ1n) is 6.02. The lowest BCUT2D eigenvalue weighted by atomic mass is 10.1. The Labute approximate surface area is 136 Å². The highest BCUT2D eigenvalue weighted by Gasteiger charge is 2.15. The molecule has 0 radical (unpaired) electrons. The summed E-state index contributed by atoms with van der Waals surface area (Å²) in [7, 11) is 0. The first-order chi connectivity index (χ1) is 10.5. The molecule has 0 aliphatic carbocycles. The molecule has 0 unspecified atom stereocenters. The predicted molar refractivity (Wildman–Crippen MR) is 82.7 cm³/mol. The van der Waals surface area contributed by atoms with Crippen molar-refractivity contribution < 1.29 is 4.79 Å². The van der Waals surface area contributed by atoms with Gasteiger partial charge in [-0.3, -0.25) is 10.2 Å². The van der Waals surface area contributed by atoms with E-state index in [2.05, 4.69) is 26.1 Å². The molecule has 9 heteroatoms. The van der Waals surface area contributed by atoms with Gasteiger partial charge in [-0.25, -0.2) is 10.4 Å². The molecule has 1 heterocycles. The monoisotopic (exact) mass is 336 g/mol. The number of aromatic nitrogens is 2. The fraction of sp³-hybridized carbons (Fsp3) is 0.0769. The molecule has 0 atom stereocenters. The van der Waals surface area contributed by atoms with Gasteiger partial charge in [0.2, 0.25) is 5.28 Å². The lowest BCUT2D eigenvalue weighted by Gasteiger charge is -2.14. The summed E-state index contributed by atoms with van der Waals surface area (Å²) >= 11 is 11.8. The number of halogens is 2. The normalized spacial score (nSPS) is 9.73. The highest BCUT2D eigenvalue weighted by Crippen LogP contribution is 2.28. The summed E-state index contributed by atoms with van der Waals surface area (Å²) in [5.74, 6) is -0.206. The molecule has 0 aliphatic rings. The number of hydrogen-bond acceptors (Lipinski definition) is 6. The third-order valence-electron chi connectivity index (χ3n) is 2.71. The van der Waals surface area contributed by atoms with Gasteiger partial charge >= 0.3 is 0 Å². The number of nitrogens with one attached hydrogen (secondary N) is 3. The van der Waals surface area contributed by atoms with E-state index in [4.69, 9.17) is 28.5 Å². The van der Waals surface area contributed by atoms with Crippen molar-refractivity contribution in [2.75, 3.05) is 5.32 Å². The second-order valence-electron chi connectivity index (χ2n) is 4.15. The van der Waals surface area contributed by atoms with Crippen LogP contribution in [0, 0.1) is 18.4 Å². The van der Waals surface area contributed by atoms with E-state index in [1.807, 2.05) is 13.0 Å². The van der Waals surface area contributed by atoms with Gasteiger partial charge in [-0.1, -0.05) is 23.7 Å². The Hall–Kier alpha value is -2.56. The van der Waals surface area contributed by atoms with Gasteiger partial charge in [0.15, 0.2) is 12.0 Å². The predicted octanol–water partition coefficient (Wildman–Crippen LogP) is 2.55. The van der Waals surface area contributed by atoms with Crippen LogP contribution in [0.2, 0.25) is 10.3 Å². The molecule has 2 aromatic rings. The molecule has 0 saturated carbocycles. The minimum atomic E-state index is -0.482. The van der Waals surface area contributed by atoms with Crippen LogP contribution in [0.1, 0.15) is 15.9 Å². The van der Waals surface area contributed by atoms with Crippen LogP contribution in [-0.4, -0.2) is 15.9 Å². The Balaban J connectivity index is 2.40. The van der Waals surface area contributed by atoms with Crippen LogP contribution in [0.25, 0.3) is 0 Å². The van der Waals surface area contributed by atoms with E-state index < -0.39 is 5.91 Å². The van der Waals surface area contributed by atoms with Crippen LogP contribution in [0.3, 0.4) is 0 Å². The Morgan fingerprint density at radius 3 is 2.86 bits per heavy atom. The fourth-order valence-electron chi connectivity index (χ4n) is 1.73. The number of aryl methyl sites for hydroxylation is 1. The van der Waals surface area contributed by atoms with Crippen molar-refractivity contribution in [3.05, 3.63) is 45.8 Å². The summed E-state index contributed by atoms with van der Waals surface area (Å²) in [5.41, 5.74) is 5.93. The van der Waals surface area contributed by atoms with Gasteiger partial charge < -0.3 is 5.32 Å². The minimum Gasteiger partial charge on any atom is -0.338 e. The van der Waals surface area contributed by atoms with E-state index >= 15 is 0 Å². The Bertz CT molecular complexity index is 759. The molecule has 0 saturated heterocycles. The number of amides is 1. The summed E-state index contributed by atoms with van der Waals surface area (Å²) in [6.45, 7) is 1.81. The Morgan fingerprint density at radius 1 is 1.36 bits per heavy atom. The highest BCUT2D eigenvalue weighted by atomic mass is 35.5. The first-order valence-corrected chi connectivity index (χ1v) is 6.77. The van der Waals surface area contributed by atoms with Crippen molar-refractivity contribution in [3.63, 3.8) is 0 Å². The number of hydrazine groups is 1. The van der Waals surface area contributed by atoms with Crippen LogP contribution in [-0.2, 0) is 0 Å². The molecular formula is C13H10Cl2N6O. The van der Waals surface area contributed by atoms with Crippen molar-refractivity contribution >= 4 is 40.6 Å². The summed E-state index contributed by atoms with van der Waals surface area (Å²) in [6, 6.07) is 5.13.